The third-order valence-corrected chi connectivity index (χ3v) is 5.81. The van der Waals surface area contributed by atoms with Crippen molar-refractivity contribution >= 4 is 29.5 Å². The number of carboxylic acid groups (broad SMARTS) is 1. The van der Waals surface area contributed by atoms with E-state index in [1.807, 2.05) is 0 Å². The number of ether oxygens (including phenoxy) is 3. The molecule has 0 saturated carbocycles. The maximum absolute atomic E-state index is 12.8. The minimum Gasteiger partial charge on any atom is -0.480 e. The van der Waals surface area contributed by atoms with Crippen LogP contribution in [0.3, 0.4) is 0 Å². The quantitative estimate of drug-likeness (QED) is 0.429. The Morgan fingerprint density at radius 1 is 1.19 bits per heavy atom. The molecule has 2 aliphatic heterocycles. The van der Waals surface area contributed by atoms with Crippen LogP contribution in [0.1, 0.15) is 34.6 Å². The van der Waals surface area contributed by atoms with Crippen molar-refractivity contribution in [3.8, 4) is 0 Å². The molecule has 26 heavy (non-hydrogen) atoms. The van der Waals surface area contributed by atoms with Gasteiger partial charge in [-0.2, -0.15) is 0 Å². The number of carbonyl (C=O) groups is 3. The van der Waals surface area contributed by atoms with Crippen molar-refractivity contribution in [3.63, 3.8) is 0 Å². The Morgan fingerprint density at radius 3 is 2.12 bits per heavy atom. The Kier molecular flexibility index (Phi) is 6.21. The van der Waals surface area contributed by atoms with Crippen LogP contribution in [0.4, 0.5) is 0 Å². The average Bonchev–Trinajstić information content (AvgIpc) is 2.81. The summed E-state index contributed by atoms with van der Waals surface area (Å²) >= 11 is 1.35. The zero-order chi connectivity index (χ0) is 19.7. The Hall–Kier alpha value is -1.36. The predicted molar refractivity (Wildman–Crippen MR) is 93.3 cm³/mol. The molecule has 0 aromatic carbocycles. The summed E-state index contributed by atoms with van der Waals surface area (Å²) in [6.45, 7) is 9.15. The Balaban J connectivity index is 2.17. The van der Waals surface area contributed by atoms with Gasteiger partial charge in [-0.3, -0.25) is 9.59 Å². The molecule has 2 aliphatic rings. The first-order valence-corrected chi connectivity index (χ1v) is 9.48. The summed E-state index contributed by atoms with van der Waals surface area (Å²) < 4.78 is 15.6. The Morgan fingerprint density at radius 2 is 1.69 bits per heavy atom. The van der Waals surface area contributed by atoms with Gasteiger partial charge in [0.15, 0.2) is 0 Å². The normalized spacial score (nSPS) is 27.0. The van der Waals surface area contributed by atoms with E-state index in [4.69, 9.17) is 14.2 Å². The number of nitrogens with zero attached hydrogens (tertiary/aromatic N) is 1. The zero-order valence-electron chi connectivity index (χ0n) is 15.6. The van der Waals surface area contributed by atoms with Crippen molar-refractivity contribution < 1.29 is 33.7 Å². The van der Waals surface area contributed by atoms with Gasteiger partial charge in [0, 0.05) is 4.75 Å². The fraction of sp³-hybridized carbons (Fsp3) is 0.812. The lowest BCUT2D eigenvalue weighted by atomic mass is 9.96. The third kappa shape index (κ3) is 3.42. The largest absolute Gasteiger partial charge is 0.480 e. The van der Waals surface area contributed by atoms with Gasteiger partial charge in [0.1, 0.15) is 17.5 Å². The number of fused-ring (bicyclic) bond motifs is 1. The van der Waals surface area contributed by atoms with Crippen LogP contribution < -0.4 is 5.32 Å². The number of aliphatic carboxylic acids is 1. The number of rotatable bonds is 9. The Labute approximate surface area is 156 Å². The van der Waals surface area contributed by atoms with E-state index < -0.39 is 46.0 Å². The highest BCUT2D eigenvalue weighted by Gasteiger charge is 2.65. The third-order valence-electron chi connectivity index (χ3n) is 4.24. The molecule has 2 saturated heterocycles. The van der Waals surface area contributed by atoms with Crippen molar-refractivity contribution in [2.45, 2.75) is 62.8 Å². The summed E-state index contributed by atoms with van der Waals surface area (Å²) in [6, 6.07) is -1.79. The average molecular weight is 390 g/mol. The fourth-order valence-electron chi connectivity index (χ4n) is 3.27. The monoisotopic (exact) mass is 390 g/mol. The number of hydrogen-bond donors (Lipinski definition) is 2. The van der Waals surface area contributed by atoms with Crippen LogP contribution in [0.15, 0.2) is 0 Å². The number of β-lactam (4-membered cyclic amide) rings is 1. The smallest absolute Gasteiger partial charge is 0.367 e. The van der Waals surface area contributed by atoms with Gasteiger partial charge in [-0.25, -0.2) is 4.79 Å². The van der Waals surface area contributed by atoms with Crippen LogP contribution in [-0.4, -0.2) is 75.8 Å². The van der Waals surface area contributed by atoms with Crippen molar-refractivity contribution in [3.05, 3.63) is 0 Å². The van der Waals surface area contributed by atoms with Gasteiger partial charge in [-0.1, -0.05) is 0 Å². The predicted octanol–water partition coefficient (Wildman–Crippen LogP) is 0.381. The molecule has 0 aliphatic carbocycles. The molecule has 2 heterocycles. The van der Waals surface area contributed by atoms with Gasteiger partial charge >= 0.3 is 17.8 Å². The van der Waals surface area contributed by atoms with Crippen molar-refractivity contribution in [2.75, 3.05) is 19.8 Å². The van der Waals surface area contributed by atoms with E-state index in [0.29, 0.717) is 0 Å². The van der Waals surface area contributed by atoms with Crippen molar-refractivity contribution in [1.82, 2.24) is 10.2 Å². The summed E-state index contributed by atoms with van der Waals surface area (Å²) in [5.74, 6) is -4.13. The molecule has 2 rings (SSSR count). The molecule has 2 amide bonds. The highest BCUT2D eigenvalue weighted by Crippen LogP contribution is 2.50. The SMILES string of the molecule is CCOC(OCC)(OCC)C(=O)NC1C(=O)N2[C@@H]1SC(C)(C)[C@@H]2C(=O)O. The van der Waals surface area contributed by atoms with Gasteiger partial charge in [0.05, 0.1) is 19.8 Å². The van der Waals surface area contributed by atoms with Gasteiger partial charge in [-0.05, 0) is 34.6 Å². The molecule has 10 heteroatoms. The number of carboxylic acids is 1. The molecule has 3 atom stereocenters. The van der Waals surface area contributed by atoms with Gasteiger partial charge < -0.3 is 29.5 Å². The number of carbonyl (C=O) groups excluding carboxylic acids is 2. The van der Waals surface area contributed by atoms with E-state index >= 15 is 0 Å². The number of nitrogens with one attached hydrogen (secondary N) is 1. The minimum absolute atomic E-state index is 0.171. The maximum atomic E-state index is 12.8. The molecule has 1 unspecified atom stereocenters. The van der Waals surface area contributed by atoms with Crippen LogP contribution in [0, 0.1) is 0 Å². The molecule has 0 bridgehead atoms. The van der Waals surface area contributed by atoms with E-state index in [-0.39, 0.29) is 19.8 Å². The molecule has 0 aromatic rings. The second-order valence-electron chi connectivity index (χ2n) is 6.40. The molecule has 2 N–H and O–H groups in total. The van der Waals surface area contributed by atoms with E-state index in [9.17, 15) is 19.5 Å². The molecule has 148 valence electrons. The van der Waals surface area contributed by atoms with Crippen LogP contribution in [0.25, 0.3) is 0 Å². The highest BCUT2D eigenvalue weighted by molar-refractivity contribution is 8.01. The van der Waals surface area contributed by atoms with Gasteiger partial charge in [0.25, 0.3) is 0 Å². The molecular formula is C16H26N2O7S. The van der Waals surface area contributed by atoms with Gasteiger partial charge in [-0.15, -0.1) is 11.8 Å². The Bertz CT molecular complexity index is 566. The molecule has 2 fully saturated rings. The summed E-state index contributed by atoms with van der Waals surface area (Å²) in [5, 5.41) is 11.6. The first-order valence-electron chi connectivity index (χ1n) is 8.60. The van der Waals surface area contributed by atoms with E-state index in [1.54, 1.807) is 34.6 Å². The van der Waals surface area contributed by atoms with Crippen LogP contribution in [0.5, 0.6) is 0 Å². The summed E-state index contributed by atoms with van der Waals surface area (Å²) in [5.41, 5.74) is 0. The molecule has 0 spiro atoms. The fourth-order valence-corrected chi connectivity index (χ4v) is 4.89. The molecule has 0 radical (unpaired) electrons. The van der Waals surface area contributed by atoms with E-state index in [1.165, 1.54) is 16.7 Å². The standard InChI is InChI=1S/C16H26N2O7S/c1-6-23-16(24-7-2,25-8-3)14(22)17-9-11(19)18-10(13(20)21)15(4,5)26-12(9)18/h9-10,12H,6-8H2,1-5H3,(H,17,22)(H,20,21)/t9?,10-,12+/m0/s1. The number of thioether (sulfide) groups is 1. The minimum atomic E-state index is -1.93. The molecule has 9 nitrogen and oxygen atoms in total. The lowest BCUT2D eigenvalue weighted by Crippen LogP contribution is -2.72. The van der Waals surface area contributed by atoms with Gasteiger partial charge in [0.2, 0.25) is 5.91 Å². The summed E-state index contributed by atoms with van der Waals surface area (Å²) in [7, 11) is 0. The van der Waals surface area contributed by atoms with Crippen molar-refractivity contribution in [1.29, 1.82) is 0 Å². The molecular weight excluding hydrogens is 364 g/mol. The lowest BCUT2D eigenvalue weighted by Gasteiger charge is -2.44. The topological polar surface area (TPSA) is 114 Å². The first-order chi connectivity index (χ1) is 12.1. The highest BCUT2D eigenvalue weighted by atomic mass is 32.2. The van der Waals surface area contributed by atoms with Crippen molar-refractivity contribution in [2.24, 2.45) is 0 Å². The van der Waals surface area contributed by atoms with Crippen LogP contribution >= 0.6 is 11.8 Å². The number of amides is 2. The van der Waals surface area contributed by atoms with Crippen LogP contribution in [0.2, 0.25) is 0 Å². The van der Waals surface area contributed by atoms with E-state index in [0.717, 1.165) is 0 Å². The first kappa shape index (κ1) is 20.9. The van der Waals surface area contributed by atoms with E-state index in [2.05, 4.69) is 5.32 Å². The summed E-state index contributed by atoms with van der Waals surface area (Å²) in [4.78, 5) is 38.1. The zero-order valence-corrected chi connectivity index (χ0v) is 16.4. The maximum Gasteiger partial charge on any atom is 0.367 e. The second kappa shape index (κ2) is 7.71. The number of hydrogen-bond acceptors (Lipinski definition) is 7. The summed E-state index contributed by atoms with van der Waals surface area (Å²) in [6.07, 6.45) is 0. The lowest BCUT2D eigenvalue weighted by molar-refractivity contribution is -0.351. The second-order valence-corrected chi connectivity index (χ2v) is 8.18. The molecule has 0 aromatic heterocycles. The van der Waals surface area contributed by atoms with Crippen LogP contribution in [-0.2, 0) is 28.6 Å².